The van der Waals surface area contributed by atoms with Crippen molar-refractivity contribution >= 4 is 52.0 Å². The fourth-order valence-corrected chi connectivity index (χ4v) is 4.07. The molecule has 11 heteroatoms. The Kier molecular flexibility index (Phi) is 6.62. The number of rotatable bonds is 8. The number of hydrogen-bond acceptors (Lipinski definition) is 10. The minimum atomic E-state index is 0.638. The molecule has 0 amide bonds. The van der Waals surface area contributed by atoms with Gasteiger partial charge in [0, 0.05) is 20.6 Å². The van der Waals surface area contributed by atoms with Crippen molar-refractivity contribution in [3.8, 4) is 5.69 Å². The van der Waals surface area contributed by atoms with E-state index in [-0.39, 0.29) is 0 Å². The van der Waals surface area contributed by atoms with E-state index in [1.165, 1.54) is 4.80 Å². The highest BCUT2D eigenvalue weighted by molar-refractivity contribution is 7.95. The van der Waals surface area contributed by atoms with Crippen molar-refractivity contribution in [1.82, 2.24) is 15.0 Å². The van der Waals surface area contributed by atoms with E-state index in [4.69, 9.17) is 10.5 Å². The summed E-state index contributed by atoms with van der Waals surface area (Å²) < 4.78 is 9.23. The molecule has 0 bridgehead atoms. The first kappa shape index (κ1) is 20.8. The van der Waals surface area contributed by atoms with Crippen LogP contribution in [0.15, 0.2) is 64.4 Å². The fourth-order valence-electron chi connectivity index (χ4n) is 3.04. The van der Waals surface area contributed by atoms with E-state index in [0.29, 0.717) is 26.5 Å². The van der Waals surface area contributed by atoms with Crippen LogP contribution in [0, 0.1) is 0 Å². The van der Waals surface area contributed by atoms with Gasteiger partial charge in [-0.3, -0.25) is 0 Å². The van der Waals surface area contributed by atoms with Crippen LogP contribution in [0.3, 0.4) is 0 Å². The number of aromatic nitrogens is 3. The molecule has 1 heterocycles. The van der Waals surface area contributed by atoms with E-state index in [9.17, 15) is 0 Å². The molecule has 30 heavy (non-hydrogen) atoms. The van der Waals surface area contributed by atoms with Crippen molar-refractivity contribution in [2.45, 2.75) is 16.7 Å². The lowest BCUT2D eigenvalue weighted by Gasteiger charge is -2.06. The zero-order valence-electron chi connectivity index (χ0n) is 15.5. The SMILES string of the molecule is CC=Cc1ccc(-n2nc3cc(SOOO)c4ccccc4c3n2)cc1SOOO. The normalized spacial score (nSPS) is 11.8. The lowest BCUT2D eigenvalue weighted by Crippen LogP contribution is -1.99. The Morgan fingerprint density at radius 2 is 1.63 bits per heavy atom. The van der Waals surface area contributed by atoms with Gasteiger partial charge in [0.25, 0.3) is 0 Å². The van der Waals surface area contributed by atoms with Crippen LogP contribution >= 0.6 is 24.1 Å². The molecule has 0 spiro atoms. The average Bonchev–Trinajstić information content (AvgIpc) is 3.21. The van der Waals surface area contributed by atoms with Crippen molar-refractivity contribution < 1.29 is 29.3 Å². The van der Waals surface area contributed by atoms with Crippen molar-refractivity contribution in [3.63, 3.8) is 0 Å². The van der Waals surface area contributed by atoms with Gasteiger partial charge in [-0.25, -0.2) is 10.5 Å². The largest absolute Gasteiger partial charge is 0.220 e. The maximum absolute atomic E-state index is 8.50. The van der Waals surface area contributed by atoms with Crippen LogP contribution in [-0.4, -0.2) is 25.5 Å². The van der Waals surface area contributed by atoms with Crippen molar-refractivity contribution in [3.05, 3.63) is 60.2 Å². The van der Waals surface area contributed by atoms with E-state index in [0.717, 1.165) is 40.4 Å². The van der Waals surface area contributed by atoms with E-state index in [1.807, 2.05) is 61.5 Å². The third-order valence-corrected chi connectivity index (χ3v) is 5.55. The highest BCUT2D eigenvalue weighted by Crippen LogP contribution is 2.34. The third-order valence-electron chi connectivity index (χ3n) is 4.24. The molecular weight excluding hydrogens is 430 g/mol. The number of benzene rings is 3. The van der Waals surface area contributed by atoms with E-state index < -0.39 is 0 Å². The standard InChI is InChI=1S/C19H15N3O6S2/c1-2-5-12-8-9-13(10-17(12)29-27-25-23)22-20-16-11-18(30-28-26-24)14-6-3-4-7-15(14)19(16)21-22/h2-11,23-24H,1H3. The first-order valence-corrected chi connectivity index (χ1v) is 10.1. The maximum Gasteiger partial charge on any atom is 0.121 e. The van der Waals surface area contributed by atoms with Gasteiger partial charge in [-0.2, -0.15) is 4.80 Å². The van der Waals surface area contributed by atoms with Gasteiger partial charge in [0.15, 0.2) is 0 Å². The molecule has 154 valence electrons. The van der Waals surface area contributed by atoms with Crippen molar-refractivity contribution in [1.29, 1.82) is 0 Å². The van der Waals surface area contributed by atoms with Gasteiger partial charge in [-0.15, -0.1) is 18.9 Å². The first-order chi connectivity index (χ1) is 14.7. The lowest BCUT2D eigenvalue weighted by atomic mass is 10.1. The minimum Gasteiger partial charge on any atom is -0.220 e. The number of allylic oxidation sites excluding steroid dienone is 1. The summed E-state index contributed by atoms with van der Waals surface area (Å²) in [5.41, 5.74) is 2.92. The highest BCUT2D eigenvalue weighted by atomic mass is 32.2. The zero-order valence-corrected chi connectivity index (χ0v) is 17.1. The molecule has 4 aromatic rings. The first-order valence-electron chi connectivity index (χ1n) is 8.60. The molecule has 0 unspecified atom stereocenters. The van der Waals surface area contributed by atoms with Crippen LogP contribution in [0.2, 0.25) is 0 Å². The van der Waals surface area contributed by atoms with Crippen LogP contribution in [0.5, 0.6) is 0 Å². The minimum absolute atomic E-state index is 0.638. The molecular formula is C19H15N3O6S2. The molecule has 0 saturated heterocycles. The molecule has 0 radical (unpaired) electrons. The van der Waals surface area contributed by atoms with Gasteiger partial charge in [0.05, 0.1) is 29.8 Å². The van der Waals surface area contributed by atoms with Crippen molar-refractivity contribution in [2.75, 3.05) is 0 Å². The molecule has 0 aliphatic carbocycles. The van der Waals surface area contributed by atoms with Crippen LogP contribution < -0.4 is 0 Å². The Morgan fingerprint density at radius 3 is 2.37 bits per heavy atom. The number of hydrogen-bond donors (Lipinski definition) is 2. The summed E-state index contributed by atoms with van der Waals surface area (Å²) >= 11 is 1.74. The summed E-state index contributed by atoms with van der Waals surface area (Å²) in [6, 6.07) is 15.0. The van der Waals surface area contributed by atoms with Crippen LogP contribution in [0.25, 0.3) is 33.6 Å². The molecule has 0 aliphatic rings. The van der Waals surface area contributed by atoms with E-state index >= 15 is 0 Å². The third kappa shape index (κ3) is 4.19. The Hall–Kier alpha value is -2.48. The van der Waals surface area contributed by atoms with Crippen LogP contribution in [0.4, 0.5) is 0 Å². The van der Waals surface area contributed by atoms with Crippen LogP contribution in [-0.2, 0) is 18.7 Å². The lowest BCUT2D eigenvalue weighted by molar-refractivity contribution is -0.432. The maximum atomic E-state index is 8.50. The highest BCUT2D eigenvalue weighted by Gasteiger charge is 2.14. The monoisotopic (exact) mass is 445 g/mol. The Bertz CT molecular complexity index is 1210. The molecule has 4 rings (SSSR count). The second-order valence-corrected chi connectivity index (χ2v) is 7.44. The topological polar surface area (TPSA) is 108 Å². The summed E-state index contributed by atoms with van der Waals surface area (Å²) in [5.74, 6) is 0. The predicted octanol–water partition coefficient (Wildman–Crippen LogP) is 5.46. The van der Waals surface area contributed by atoms with Gasteiger partial charge in [-0.05, 0) is 30.7 Å². The average molecular weight is 445 g/mol. The molecule has 9 nitrogen and oxygen atoms in total. The van der Waals surface area contributed by atoms with Crippen LogP contribution in [0.1, 0.15) is 12.5 Å². The van der Waals surface area contributed by atoms with Gasteiger partial charge in [-0.1, -0.05) is 52.6 Å². The Labute approximate surface area is 178 Å². The molecule has 0 atom stereocenters. The smallest absolute Gasteiger partial charge is 0.121 e. The molecule has 3 aromatic carbocycles. The zero-order chi connectivity index (χ0) is 20.9. The van der Waals surface area contributed by atoms with Gasteiger partial charge < -0.3 is 0 Å². The van der Waals surface area contributed by atoms with Gasteiger partial charge in [0.1, 0.15) is 11.0 Å². The summed E-state index contributed by atoms with van der Waals surface area (Å²) in [4.78, 5) is 2.93. The Morgan fingerprint density at radius 1 is 0.900 bits per heavy atom. The molecule has 0 fully saturated rings. The molecule has 1 aromatic heterocycles. The summed E-state index contributed by atoms with van der Waals surface area (Å²) in [7, 11) is 0. The number of nitrogens with zero attached hydrogens (tertiary/aromatic N) is 3. The van der Waals surface area contributed by atoms with E-state index in [2.05, 4.69) is 28.9 Å². The summed E-state index contributed by atoms with van der Waals surface area (Å²) in [6.07, 6.45) is 3.79. The fraction of sp³-hybridized carbons (Fsp3) is 0.0526. The van der Waals surface area contributed by atoms with Gasteiger partial charge in [0.2, 0.25) is 0 Å². The second kappa shape index (κ2) is 9.55. The number of fused-ring (bicyclic) bond motifs is 3. The van der Waals surface area contributed by atoms with Gasteiger partial charge >= 0.3 is 0 Å². The quantitative estimate of drug-likeness (QED) is 0.206. The van der Waals surface area contributed by atoms with Crippen molar-refractivity contribution in [2.24, 2.45) is 0 Å². The Balaban J connectivity index is 1.83. The molecule has 0 aliphatic heterocycles. The van der Waals surface area contributed by atoms with E-state index in [1.54, 1.807) is 6.07 Å². The predicted molar refractivity (Wildman–Crippen MR) is 112 cm³/mol. The summed E-state index contributed by atoms with van der Waals surface area (Å²) in [6.45, 7) is 1.90. The molecule has 2 N–H and O–H groups in total. The second-order valence-electron chi connectivity index (χ2n) is 5.95. The molecule has 0 saturated carbocycles. The summed E-state index contributed by atoms with van der Waals surface area (Å²) in [5, 5.41) is 35.4.